The van der Waals surface area contributed by atoms with Gasteiger partial charge in [0.05, 0.1) is 26.2 Å². The largest absolute Gasteiger partial charge is 0.481 e. The topological polar surface area (TPSA) is 173 Å². The Labute approximate surface area is 291 Å². The number of rotatable bonds is 17. The van der Waals surface area contributed by atoms with Crippen LogP contribution in [0, 0.1) is 12.3 Å². The number of hydrogen-bond acceptors (Lipinski definition) is 12. The summed E-state index contributed by atoms with van der Waals surface area (Å²) in [6.07, 6.45) is 5.15. The lowest BCUT2D eigenvalue weighted by molar-refractivity contribution is -0.302. The average molecular weight is 697 g/mol. The van der Waals surface area contributed by atoms with E-state index in [4.69, 9.17) is 30.1 Å². The maximum Gasteiger partial charge on any atom is 0.366 e. The van der Waals surface area contributed by atoms with E-state index in [-0.39, 0.29) is 51.5 Å². The van der Waals surface area contributed by atoms with Crippen molar-refractivity contribution in [3.05, 3.63) is 65.7 Å². The van der Waals surface area contributed by atoms with E-state index < -0.39 is 41.9 Å². The van der Waals surface area contributed by atoms with Crippen LogP contribution in [0.2, 0.25) is 0 Å². The zero-order chi connectivity index (χ0) is 36.9. The number of aldehydes is 1. The Morgan fingerprint density at radius 2 is 1.76 bits per heavy atom. The van der Waals surface area contributed by atoms with E-state index >= 15 is 0 Å². The molecule has 2 aromatic rings. The Bertz CT molecular complexity index is 1440. The molecule has 0 spiro atoms. The number of nitrogens with one attached hydrogen (secondary N) is 1. The molecule has 1 N–H and O–H groups in total. The summed E-state index contributed by atoms with van der Waals surface area (Å²) in [6.45, 7) is 2.72. The average Bonchev–Trinajstić information content (AvgIpc) is 3.12. The fourth-order valence-electron chi connectivity index (χ4n) is 5.03. The van der Waals surface area contributed by atoms with Crippen molar-refractivity contribution in [3.8, 4) is 18.1 Å². The van der Waals surface area contributed by atoms with Crippen molar-refractivity contribution < 1.29 is 57.2 Å². The summed E-state index contributed by atoms with van der Waals surface area (Å²) in [6, 6.07) is 15.7. The summed E-state index contributed by atoms with van der Waals surface area (Å²) < 4.78 is 32.6. The molecule has 3 rings (SSSR count). The fourth-order valence-corrected chi connectivity index (χ4v) is 5.03. The first kappa shape index (κ1) is 40.9. The van der Waals surface area contributed by atoms with E-state index in [2.05, 4.69) is 16.0 Å². The normalized spacial score (nSPS) is 18.4. The first-order valence-electron chi connectivity index (χ1n) is 15.8. The molecule has 1 aliphatic heterocycles. The lowest BCUT2D eigenvalue weighted by Gasteiger charge is -2.46. The van der Waals surface area contributed by atoms with Crippen molar-refractivity contribution in [3.63, 3.8) is 0 Å². The van der Waals surface area contributed by atoms with E-state index in [0.717, 1.165) is 11.1 Å². The molecule has 2 unspecified atom stereocenters. The van der Waals surface area contributed by atoms with Crippen LogP contribution in [0.15, 0.2) is 54.6 Å². The van der Waals surface area contributed by atoms with Crippen LogP contribution in [-0.4, -0.2) is 99.4 Å². The summed E-state index contributed by atoms with van der Waals surface area (Å²) in [7, 11) is 2.81. The zero-order valence-electron chi connectivity index (χ0n) is 28.7. The number of methoxy groups -OCH3 is 1. The molecular weight excluding hydrogens is 652 g/mol. The number of likely N-dealkylation sites (N-methyl/N-ethyl adjacent to an activating group) is 1. The number of nitrogens with zero attached hydrogens (tertiary/aromatic N) is 1. The first-order valence-corrected chi connectivity index (χ1v) is 15.8. The Morgan fingerprint density at radius 1 is 1.06 bits per heavy atom. The highest BCUT2D eigenvalue weighted by Crippen LogP contribution is 2.36. The maximum atomic E-state index is 13.1. The van der Waals surface area contributed by atoms with Gasteiger partial charge in [0.25, 0.3) is 5.79 Å². The molecule has 0 radical (unpaired) electrons. The van der Waals surface area contributed by atoms with Crippen LogP contribution in [0.25, 0.3) is 0 Å². The van der Waals surface area contributed by atoms with Crippen molar-refractivity contribution >= 4 is 36.5 Å². The van der Waals surface area contributed by atoms with Crippen molar-refractivity contribution in [2.75, 3.05) is 33.9 Å². The summed E-state index contributed by atoms with van der Waals surface area (Å²) in [5.74, 6) is -0.807. The van der Waals surface area contributed by atoms with Crippen LogP contribution in [0.3, 0.4) is 0 Å². The Hall–Kier alpha value is -5.26. The van der Waals surface area contributed by atoms with E-state index in [1.807, 2.05) is 30.3 Å². The van der Waals surface area contributed by atoms with Gasteiger partial charge in [-0.2, -0.15) is 0 Å². The van der Waals surface area contributed by atoms with E-state index in [9.17, 15) is 28.8 Å². The molecule has 1 aliphatic rings. The minimum Gasteiger partial charge on any atom is -0.481 e. The van der Waals surface area contributed by atoms with Gasteiger partial charge < -0.3 is 38.6 Å². The van der Waals surface area contributed by atoms with Crippen LogP contribution in [0.4, 0.5) is 0 Å². The molecule has 2 aromatic carbocycles. The summed E-state index contributed by atoms with van der Waals surface area (Å²) in [5, 5.41) is 2.83. The van der Waals surface area contributed by atoms with Crippen LogP contribution in [0.5, 0.6) is 5.75 Å². The highest BCUT2D eigenvalue weighted by atomic mass is 16.7. The Morgan fingerprint density at radius 3 is 2.32 bits per heavy atom. The molecule has 0 aliphatic carbocycles. The molecule has 0 aromatic heterocycles. The van der Waals surface area contributed by atoms with Gasteiger partial charge >= 0.3 is 17.9 Å². The molecule has 0 bridgehead atoms. The second-order valence-corrected chi connectivity index (χ2v) is 11.0. The van der Waals surface area contributed by atoms with Crippen molar-refractivity contribution in [1.82, 2.24) is 10.2 Å². The van der Waals surface area contributed by atoms with E-state index in [1.54, 1.807) is 31.3 Å². The second-order valence-electron chi connectivity index (χ2n) is 11.0. The Kier molecular flexibility index (Phi) is 17.7. The lowest BCUT2D eigenvalue weighted by Crippen LogP contribution is -2.61. The van der Waals surface area contributed by atoms with Gasteiger partial charge in [-0.25, -0.2) is 4.79 Å². The smallest absolute Gasteiger partial charge is 0.366 e. The van der Waals surface area contributed by atoms with Crippen LogP contribution in [-0.2, 0) is 65.5 Å². The van der Waals surface area contributed by atoms with Gasteiger partial charge in [-0.3, -0.25) is 24.0 Å². The summed E-state index contributed by atoms with van der Waals surface area (Å²) >= 11 is 0. The van der Waals surface area contributed by atoms with Crippen molar-refractivity contribution in [2.45, 2.75) is 70.2 Å². The van der Waals surface area contributed by atoms with Crippen LogP contribution in [0.1, 0.15) is 44.2 Å². The minimum atomic E-state index is -1.80. The number of benzene rings is 2. The number of carbonyl (C=O) groups is 6. The molecule has 50 heavy (non-hydrogen) atoms. The number of amides is 2. The SMILES string of the molecule is C#CCOc1ccc(CC(=O)NCCC(OC(C)=O)[C@@H]2O[C@@](OCc3ccccc3)(C(=O)OC)CCC2N(C)C=O)cc1.CC(=O)OCC=O. The highest BCUT2D eigenvalue weighted by molar-refractivity contribution is 5.79. The summed E-state index contributed by atoms with van der Waals surface area (Å²) in [5.41, 5.74) is 1.58. The molecule has 1 fully saturated rings. The van der Waals surface area contributed by atoms with Gasteiger partial charge in [0, 0.05) is 40.3 Å². The lowest BCUT2D eigenvalue weighted by atomic mass is 9.90. The molecule has 14 nitrogen and oxygen atoms in total. The van der Waals surface area contributed by atoms with E-state index in [1.165, 1.54) is 25.9 Å². The number of carbonyl (C=O) groups excluding carboxylic acids is 6. The third-order valence-electron chi connectivity index (χ3n) is 7.38. The number of terminal acetylenes is 1. The molecular formula is C36H44N2O12. The molecule has 1 heterocycles. The van der Waals surface area contributed by atoms with Gasteiger partial charge in [-0.05, 0) is 29.7 Å². The quantitative estimate of drug-likeness (QED) is 0.111. The molecule has 2 amide bonds. The monoisotopic (exact) mass is 696 g/mol. The molecule has 4 atom stereocenters. The van der Waals surface area contributed by atoms with Gasteiger partial charge in [-0.1, -0.05) is 48.4 Å². The molecule has 1 saturated heterocycles. The third-order valence-corrected chi connectivity index (χ3v) is 7.38. The molecule has 270 valence electrons. The van der Waals surface area contributed by atoms with E-state index in [0.29, 0.717) is 24.9 Å². The first-order chi connectivity index (χ1) is 24.0. The predicted octanol–water partition coefficient (Wildman–Crippen LogP) is 2.15. The molecule has 14 heteroatoms. The Balaban J connectivity index is 0.00000112. The number of esters is 3. The standard InChI is InChI=1S/C32H38N2O9.C4H6O3/c1-5-19-40-26-13-11-24(12-14-26)20-29(37)33-18-16-28(42-23(2)36)30-27(34(3)22-35)15-17-32(43-30,31(38)39-4)41-21-25-9-7-6-8-10-25;1-4(6)7-3-2-5/h1,6-14,22,27-28,30H,15-21H2,2-4H3,(H,33,37);2H,3H2,1H3/t27?,28?,30-,32-;/m1./s1. The summed E-state index contributed by atoms with van der Waals surface area (Å²) in [4.78, 5) is 70.3. The van der Waals surface area contributed by atoms with Gasteiger partial charge in [0.2, 0.25) is 12.3 Å². The maximum absolute atomic E-state index is 13.1. The third kappa shape index (κ3) is 13.7. The molecule has 0 saturated carbocycles. The number of hydrogen-bond donors (Lipinski definition) is 1. The minimum absolute atomic E-state index is 0.0577. The predicted molar refractivity (Wildman–Crippen MR) is 178 cm³/mol. The van der Waals surface area contributed by atoms with Crippen LogP contribution >= 0.6 is 0 Å². The van der Waals surface area contributed by atoms with Gasteiger partial charge in [0.15, 0.2) is 6.29 Å². The van der Waals surface area contributed by atoms with Gasteiger partial charge in [0.1, 0.15) is 31.2 Å². The zero-order valence-corrected chi connectivity index (χ0v) is 28.7. The highest BCUT2D eigenvalue weighted by Gasteiger charge is 2.53. The van der Waals surface area contributed by atoms with Crippen LogP contribution < -0.4 is 10.1 Å². The van der Waals surface area contributed by atoms with Crippen molar-refractivity contribution in [2.24, 2.45) is 0 Å². The fraction of sp³-hybridized carbons (Fsp3) is 0.444. The second kappa shape index (κ2) is 21.7. The van der Waals surface area contributed by atoms with Crippen molar-refractivity contribution in [1.29, 1.82) is 0 Å². The number of ether oxygens (including phenoxy) is 6. The van der Waals surface area contributed by atoms with Gasteiger partial charge in [-0.15, -0.1) is 6.42 Å².